The number of hydrogen-bond acceptors (Lipinski definition) is 2. The number of benzene rings is 2. The molecule has 0 atom stereocenters. The highest BCUT2D eigenvalue weighted by atomic mass is 35.5. The van der Waals surface area contributed by atoms with Crippen molar-refractivity contribution < 1.29 is 9.13 Å². The molecule has 0 saturated heterocycles. The Bertz CT molecular complexity index is 649. The minimum Gasteiger partial charge on any atom is -0.487 e. The lowest BCUT2D eigenvalue weighted by molar-refractivity contribution is 0.303. The van der Waals surface area contributed by atoms with Crippen LogP contribution in [0.4, 0.5) is 4.39 Å². The molecule has 2 aromatic carbocycles. The lowest BCUT2D eigenvalue weighted by atomic mass is 10.1. The van der Waals surface area contributed by atoms with Gasteiger partial charge in [0.15, 0.2) is 0 Å². The highest BCUT2D eigenvalue weighted by Crippen LogP contribution is 2.33. The molecule has 0 aliphatic rings. The Balaban J connectivity index is 2.23. The summed E-state index contributed by atoms with van der Waals surface area (Å²) in [5.74, 6) is 0.129. The van der Waals surface area contributed by atoms with Crippen LogP contribution in [0.2, 0.25) is 15.1 Å². The van der Waals surface area contributed by atoms with Gasteiger partial charge in [0.1, 0.15) is 18.2 Å². The first kappa shape index (κ1) is 16.4. The molecule has 0 heterocycles. The van der Waals surface area contributed by atoms with Gasteiger partial charge in [-0.15, -0.1) is 0 Å². The van der Waals surface area contributed by atoms with Crippen molar-refractivity contribution in [3.8, 4) is 5.75 Å². The third-order valence-corrected chi connectivity index (χ3v) is 3.74. The lowest BCUT2D eigenvalue weighted by Crippen LogP contribution is -2.06. The van der Waals surface area contributed by atoms with Crippen LogP contribution in [-0.4, -0.2) is 6.54 Å². The number of ether oxygens (including phenoxy) is 1. The molecule has 112 valence electrons. The van der Waals surface area contributed by atoms with Gasteiger partial charge in [-0.2, -0.15) is 0 Å². The highest BCUT2D eigenvalue weighted by Gasteiger charge is 2.12. The molecule has 6 heteroatoms. The molecule has 0 amide bonds. The van der Waals surface area contributed by atoms with E-state index in [1.54, 1.807) is 18.2 Å². The van der Waals surface area contributed by atoms with Gasteiger partial charge < -0.3 is 10.5 Å². The third kappa shape index (κ3) is 4.24. The highest BCUT2D eigenvalue weighted by molar-refractivity contribution is 6.35. The monoisotopic (exact) mass is 347 g/mol. The zero-order chi connectivity index (χ0) is 15.4. The van der Waals surface area contributed by atoms with Gasteiger partial charge in [-0.05, 0) is 42.8 Å². The van der Waals surface area contributed by atoms with E-state index in [4.69, 9.17) is 45.3 Å². The molecule has 0 aliphatic heterocycles. The minimum atomic E-state index is -0.392. The summed E-state index contributed by atoms with van der Waals surface area (Å²) in [5, 5.41) is 1.24. The summed E-state index contributed by atoms with van der Waals surface area (Å²) < 4.78 is 18.7. The maximum atomic E-state index is 13.0. The van der Waals surface area contributed by atoms with Crippen LogP contribution >= 0.6 is 34.8 Å². The summed E-state index contributed by atoms with van der Waals surface area (Å²) in [7, 11) is 0. The number of nitrogens with two attached hydrogens (primary N) is 1. The van der Waals surface area contributed by atoms with Crippen LogP contribution in [0.3, 0.4) is 0 Å². The second kappa shape index (κ2) is 7.32. The lowest BCUT2D eigenvalue weighted by Gasteiger charge is -2.14. The van der Waals surface area contributed by atoms with Gasteiger partial charge in [-0.3, -0.25) is 0 Å². The predicted molar refractivity (Wildman–Crippen MR) is 85.0 cm³/mol. The molecule has 0 fully saturated rings. The van der Waals surface area contributed by atoms with E-state index in [0.717, 1.165) is 5.56 Å². The molecular weight excluding hydrogens is 336 g/mol. The van der Waals surface area contributed by atoms with Crippen molar-refractivity contribution in [2.45, 2.75) is 13.0 Å². The van der Waals surface area contributed by atoms with Crippen molar-refractivity contribution in [1.29, 1.82) is 0 Å². The van der Waals surface area contributed by atoms with Gasteiger partial charge in [0, 0.05) is 10.6 Å². The van der Waals surface area contributed by atoms with Gasteiger partial charge >= 0.3 is 0 Å². The first-order valence-corrected chi connectivity index (χ1v) is 7.39. The van der Waals surface area contributed by atoms with E-state index < -0.39 is 5.82 Å². The second-order valence-electron chi connectivity index (χ2n) is 4.44. The summed E-state index contributed by atoms with van der Waals surface area (Å²) in [5.41, 5.74) is 7.07. The Hall–Kier alpha value is -1.00. The second-order valence-corrected chi connectivity index (χ2v) is 5.69. The van der Waals surface area contributed by atoms with E-state index in [1.807, 2.05) is 0 Å². The van der Waals surface area contributed by atoms with Gasteiger partial charge in [-0.1, -0.05) is 40.9 Å². The zero-order valence-electron chi connectivity index (χ0n) is 11.0. The van der Waals surface area contributed by atoms with Crippen LogP contribution in [0.1, 0.15) is 11.1 Å². The molecule has 0 saturated carbocycles. The molecule has 0 bridgehead atoms. The van der Waals surface area contributed by atoms with E-state index in [0.29, 0.717) is 39.3 Å². The molecule has 2 aromatic rings. The van der Waals surface area contributed by atoms with Crippen molar-refractivity contribution in [3.63, 3.8) is 0 Å². The molecule has 0 aromatic heterocycles. The molecule has 0 unspecified atom stereocenters. The van der Waals surface area contributed by atoms with Crippen LogP contribution in [0.25, 0.3) is 0 Å². The van der Waals surface area contributed by atoms with Crippen molar-refractivity contribution in [1.82, 2.24) is 0 Å². The fourth-order valence-electron chi connectivity index (χ4n) is 1.91. The zero-order valence-corrected chi connectivity index (χ0v) is 13.3. The van der Waals surface area contributed by atoms with Crippen LogP contribution < -0.4 is 10.5 Å². The van der Waals surface area contributed by atoms with Gasteiger partial charge in [-0.25, -0.2) is 4.39 Å². The van der Waals surface area contributed by atoms with Crippen LogP contribution in [-0.2, 0) is 13.0 Å². The predicted octanol–water partition coefficient (Wildman–Crippen LogP) is 4.87. The van der Waals surface area contributed by atoms with Crippen LogP contribution in [0.5, 0.6) is 5.75 Å². The van der Waals surface area contributed by atoms with Crippen molar-refractivity contribution in [2.75, 3.05) is 6.54 Å². The Morgan fingerprint density at radius 2 is 1.76 bits per heavy atom. The first-order chi connectivity index (χ1) is 10.0. The van der Waals surface area contributed by atoms with Crippen LogP contribution in [0.15, 0.2) is 30.3 Å². The summed E-state index contributed by atoms with van der Waals surface area (Å²) in [6, 6.07) is 7.51. The van der Waals surface area contributed by atoms with E-state index in [1.165, 1.54) is 12.1 Å². The van der Waals surface area contributed by atoms with E-state index in [9.17, 15) is 4.39 Å². The molecular formula is C15H13Cl3FNO. The van der Waals surface area contributed by atoms with Crippen molar-refractivity contribution in [3.05, 3.63) is 62.3 Å². The fourth-order valence-corrected chi connectivity index (χ4v) is 2.72. The quantitative estimate of drug-likeness (QED) is 0.837. The maximum Gasteiger partial charge on any atom is 0.141 e. The molecule has 0 aliphatic carbocycles. The summed E-state index contributed by atoms with van der Waals surface area (Å²) in [6.45, 7) is 0.627. The molecule has 2 N–H and O–H groups in total. The Morgan fingerprint density at radius 1 is 1.00 bits per heavy atom. The Morgan fingerprint density at radius 3 is 2.43 bits per heavy atom. The molecule has 0 radical (unpaired) electrons. The fraction of sp³-hybridized carbons (Fsp3) is 0.200. The topological polar surface area (TPSA) is 35.2 Å². The number of hydrogen-bond donors (Lipinski definition) is 1. The van der Waals surface area contributed by atoms with Gasteiger partial charge in [0.05, 0.1) is 10.0 Å². The number of rotatable bonds is 5. The Kier molecular flexibility index (Phi) is 5.71. The normalized spacial score (nSPS) is 10.7. The maximum absolute atomic E-state index is 13.0. The summed E-state index contributed by atoms with van der Waals surface area (Å²) >= 11 is 18.1. The first-order valence-electron chi connectivity index (χ1n) is 6.26. The van der Waals surface area contributed by atoms with Crippen molar-refractivity contribution >= 4 is 34.8 Å². The van der Waals surface area contributed by atoms with Gasteiger partial charge in [0.25, 0.3) is 0 Å². The Labute approximate surface area is 137 Å². The summed E-state index contributed by atoms with van der Waals surface area (Å²) in [6.07, 6.45) is 0.590. The van der Waals surface area contributed by atoms with Gasteiger partial charge in [0.2, 0.25) is 0 Å². The average Bonchev–Trinajstić information content (AvgIpc) is 2.40. The van der Waals surface area contributed by atoms with Crippen LogP contribution in [0, 0.1) is 5.82 Å². The minimum absolute atomic E-state index is 0.179. The molecule has 2 rings (SSSR count). The standard InChI is InChI=1S/C15H13Cl3FNO/c16-11-5-9(3-4-20)15(14(18)6-11)21-8-10-1-2-12(19)7-13(10)17/h1-2,5-7H,3-4,8,20H2. The average molecular weight is 349 g/mol. The smallest absolute Gasteiger partial charge is 0.141 e. The van der Waals surface area contributed by atoms with Crippen molar-refractivity contribution in [2.24, 2.45) is 5.73 Å². The third-order valence-electron chi connectivity index (χ3n) is 2.89. The summed E-state index contributed by atoms with van der Waals surface area (Å²) in [4.78, 5) is 0. The van der Waals surface area contributed by atoms with E-state index >= 15 is 0 Å². The number of halogens is 4. The molecule has 21 heavy (non-hydrogen) atoms. The SMILES string of the molecule is NCCc1cc(Cl)cc(Cl)c1OCc1ccc(F)cc1Cl. The largest absolute Gasteiger partial charge is 0.487 e. The molecule has 2 nitrogen and oxygen atoms in total. The van der Waals surface area contributed by atoms with E-state index in [-0.39, 0.29) is 6.61 Å². The van der Waals surface area contributed by atoms with E-state index in [2.05, 4.69) is 0 Å². The molecule has 0 spiro atoms.